The van der Waals surface area contributed by atoms with Gasteiger partial charge in [0.1, 0.15) is 6.10 Å². The van der Waals surface area contributed by atoms with E-state index in [9.17, 15) is 18.3 Å². The standard InChI is InChI=1S/C31H43F3N4O3/c1-17-9-24(11-18(2)20(4)25(10-17)22-15-40-16-22)41-29-27-14-36-30(37-19(3)12-31(32,33)34)38-28(27)26(13-35-29)21-5-7-23(39)8-6-21/h13-14,17-19,21-24,39H,5-12,15-16H2,1-4H3,(H,36,37,38)/b25-20+/t17-,18+,19-,21?,23?,24+/m0/s1. The molecule has 0 radical (unpaired) electrons. The first-order valence-electron chi connectivity index (χ1n) is 15.1. The van der Waals surface area contributed by atoms with Crippen molar-refractivity contribution in [2.24, 2.45) is 17.8 Å². The molecule has 0 spiro atoms. The van der Waals surface area contributed by atoms with Gasteiger partial charge in [0.2, 0.25) is 11.8 Å². The number of alkyl halides is 3. The number of aliphatic hydroxyl groups is 1. The van der Waals surface area contributed by atoms with Gasteiger partial charge in [-0.2, -0.15) is 13.2 Å². The van der Waals surface area contributed by atoms with E-state index < -0.39 is 18.6 Å². The first kappa shape index (κ1) is 30.0. The van der Waals surface area contributed by atoms with Crippen molar-refractivity contribution in [3.8, 4) is 5.88 Å². The van der Waals surface area contributed by atoms with Crippen LogP contribution in [0.1, 0.15) is 90.5 Å². The summed E-state index contributed by atoms with van der Waals surface area (Å²) in [7, 11) is 0. The summed E-state index contributed by atoms with van der Waals surface area (Å²) in [4.78, 5) is 13.9. The molecule has 5 rings (SSSR count). The summed E-state index contributed by atoms with van der Waals surface area (Å²) < 4.78 is 51.0. The van der Waals surface area contributed by atoms with Crippen molar-refractivity contribution in [2.75, 3.05) is 18.5 Å². The molecule has 2 N–H and O–H groups in total. The molecule has 2 aliphatic carbocycles. The van der Waals surface area contributed by atoms with Crippen LogP contribution in [0.2, 0.25) is 0 Å². The number of aromatic nitrogens is 3. The van der Waals surface area contributed by atoms with Gasteiger partial charge in [-0.25, -0.2) is 15.0 Å². The molecule has 1 aliphatic heterocycles. The molecule has 1 saturated carbocycles. The third-order valence-corrected chi connectivity index (χ3v) is 9.17. The number of nitrogens with zero attached hydrogens (tertiary/aromatic N) is 3. The maximum Gasteiger partial charge on any atom is 0.391 e. The quantitative estimate of drug-likeness (QED) is 0.344. The second-order valence-electron chi connectivity index (χ2n) is 12.7. The minimum absolute atomic E-state index is 0.0369. The summed E-state index contributed by atoms with van der Waals surface area (Å²) in [5.41, 5.74) is 4.58. The molecule has 10 heteroatoms. The highest BCUT2D eigenvalue weighted by Gasteiger charge is 2.33. The second-order valence-corrected chi connectivity index (χ2v) is 12.7. The molecular formula is C31H43F3N4O3. The Bertz CT molecular complexity index is 1240. The number of nitrogens with one attached hydrogen (secondary N) is 1. The molecule has 2 aromatic heterocycles. The van der Waals surface area contributed by atoms with E-state index in [1.54, 1.807) is 11.8 Å². The lowest BCUT2D eigenvalue weighted by atomic mass is 9.77. The van der Waals surface area contributed by atoms with Gasteiger partial charge in [0.05, 0.1) is 36.6 Å². The maximum atomic E-state index is 13.0. The molecule has 226 valence electrons. The van der Waals surface area contributed by atoms with Crippen LogP contribution in [0.5, 0.6) is 5.88 Å². The molecule has 4 atom stereocenters. The van der Waals surface area contributed by atoms with E-state index in [2.05, 4.69) is 31.1 Å². The number of rotatable bonds is 7. The van der Waals surface area contributed by atoms with Gasteiger partial charge in [-0.15, -0.1) is 0 Å². The molecule has 3 heterocycles. The second kappa shape index (κ2) is 12.4. The van der Waals surface area contributed by atoms with Crippen molar-refractivity contribution in [3.63, 3.8) is 0 Å². The lowest BCUT2D eigenvalue weighted by molar-refractivity contribution is -0.136. The number of pyridine rings is 1. The highest BCUT2D eigenvalue weighted by Crippen LogP contribution is 2.40. The van der Waals surface area contributed by atoms with Crippen LogP contribution in [0.25, 0.3) is 10.9 Å². The van der Waals surface area contributed by atoms with E-state index >= 15 is 0 Å². The number of fused-ring (bicyclic) bond motifs is 1. The van der Waals surface area contributed by atoms with E-state index in [1.807, 2.05) is 6.20 Å². The Hall–Kier alpha value is -2.46. The van der Waals surface area contributed by atoms with Crippen LogP contribution in [0.15, 0.2) is 23.5 Å². The maximum absolute atomic E-state index is 13.0. The van der Waals surface area contributed by atoms with Crippen molar-refractivity contribution in [1.29, 1.82) is 0 Å². The van der Waals surface area contributed by atoms with E-state index in [0.29, 0.717) is 47.4 Å². The van der Waals surface area contributed by atoms with E-state index in [-0.39, 0.29) is 24.1 Å². The Labute approximate surface area is 240 Å². The summed E-state index contributed by atoms with van der Waals surface area (Å²) in [6.07, 6.45) is 3.64. The topological polar surface area (TPSA) is 89.4 Å². The highest BCUT2D eigenvalue weighted by molar-refractivity contribution is 5.86. The highest BCUT2D eigenvalue weighted by atomic mass is 19.4. The molecule has 0 aromatic carbocycles. The van der Waals surface area contributed by atoms with Crippen LogP contribution in [0, 0.1) is 17.8 Å². The number of hydrogen-bond acceptors (Lipinski definition) is 7. The van der Waals surface area contributed by atoms with Crippen LogP contribution in [-0.4, -0.2) is 57.7 Å². The summed E-state index contributed by atoms with van der Waals surface area (Å²) in [5.74, 6) is 2.12. The Kier molecular flexibility index (Phi) is 9.09. The van der Waals surface area contributed by atoms with E-state index in [1.165, 1.54) is 12.5 Å². The molecule has 0 unspecified atom stereocenters. The average molecular weight is 577 g/mol. The minimum Gasteiger partial charge on any atom is -0.474 e. The van der Waals surface area contributed by atoms with Crippen molar-refractivity contribution in [2.45, 2.75) is 109 Å². The van der Waals surface area contributed by atoms with Crippen LogP contribution < -0.4 is 10.1 Å². The largest absolute Gasteiger partial charge is 0.474 e. The van der Waals surface area contributed by atoms with Gasteiger partial charge >= 0.3 is 6.18 Å². The van der Waals surface area contributed by atoms with E-state index in [0.717, 1.165) is 50.9 Å². The number of halogens is 3. The number of hydrogen-bond donors (Lipinski definition) is 2. The SMILES string of the molecule is C/C1=C(\C2COC2)C[C@@H](C)C[C@@H](Oc2ncc(C3CCC(O)CC3)c3nc(N[C@@H](C)CC(F)(F)F)ncc23)C[C@H]1C. The normalized spacial score (nSPS) is 30.8. The number of anilines is 1. The van der Waals surface area contributed by atoms with Gasteiger partial charge in [0.25, 0.3) is 0 Å². The summed E-state index contributed by atoms with van der Waals surface area (Å²) >= 11 is 0. The zero-order valence-electron chi connectivity index (χ0n) is 24.5. The monoisotopic (exact) mass is 576 g/mol. The van der Waals surface area contributed by atoms with Crippen LogP contribution >= 0.6 is 0 Å². The zero-order valence-corrected chi connectivity index (χ0v) is 24.5. The number of ether oxygens (including phenoxy) is 2. The van der Waals surface area contributed by atoms with Crippen molar-refractivity contribution >= 4 is 16.9 Å². The van der Waals surface area contributed by atoms with Crippen LogP contribution in [0.4, 0.5) is 19.1 Å². The molecule has 0 bridgehead atoms. The first-order chi connectivity index (χ1) is 19.5. The number of allylic oxidation sites excluding steroid dienone is 1. The molecule has 7 nitrogen and oxygen atoms in total. The smallest absolute Gasteiger partial charge is 0.391 e. The van der Waals surface area contributed by atoms with Crippen LogP contribution in [-0.2, 0) is 4.74 Å². The molecule has 0 amide bonds. The summed E-state index contributed by atoms with van der Waals surface area (Å²) in [5, 5.41) is 13.5. The predicted molar refractivity (Wildman–Crippen MR) is 152 cm³/mol. The molecule has 3 aliphatic rings. The Morgan fingerprint density at radius 1 is 1.07 bits per heavy atom. The summed E-state index contributed by atoms with van der Waals surface area (Å²) in [6, 6.07) is -0.871. The van der Waals surface area contributed by atoms with Crippen LogP contribution in [0.3, 0.4) is 0 Å². The van der Waals surface area contributed by atoms with Crippen molar-refractivity contribution in [1.82, 2.24) is 15.0 Å². The lowest BCUT2D eigenvalue weighted by Crippen LogP contribution is -2.33. The summed E-state index contributed by atoms with van der Waals surface area (Å²) in [6.45, 7) is 9.90. The third kappa shape index (κ3) is 7.31. The molecule has 1 saturated heterocycles. The minimum atomic E-state index is -4.28. The van der Waals surface area contributed by atoms with Gasteiger partial charge in [0.15, 0.2) is 0 Å². The Morgan fingerprint density at radius 3 is 2.46 bits per heavy atom. The number of aliphatic hydroxyl groups excluding tert-OH is 1. The molecule has 2 fully saturated rings. The van der Waals surface area contributed by atoms with E-state index in [4.69, 9.17) is 19.4 Å². The first-order valence-corrected chi connectivity index (χ1v) is 15.1. The fourth-order valence-corrected chi connectivity index (χ4v) is 6.72. The fourth-order valence-electron chi connectivity index (χ4n) is 6.72. The van der Waals surface area contributed by atoms with Crippen molar-refractivity contribution < 1.29 is 27.8 Å². The predicted octanol–water partition coefficient (Wildman–Crippen LogP) is 6.96. The van der Waals surface area contributed by atoms with Gasteiger partial charge in [0, 0.05) is 29.9 Å². The third-order valence-electron chi connectivity index (χ3n) is 9.17. The van der Waals surface area contributed by atoms with Gasteiger partial charge in [-0.1, -0.05) is 25.0 Å². The van der Waals surface area contributed by atoms with Gasteiger partial charge in [-0.3, -0.25) is 0 Å². The lowest BCUT2D eigenvalue weighted by Gasteiger charge is -2.36. The Morgan fingerprint density at radius 2 is 1.80 bits per heavy atom. The Balaban J connectivity index is 1.43. The van der Waals surface area contributed by atoms with Gasteiger partial charge < -0.3 is 19.9 Å². The molecule has 41 heavy (non-hydrogen) atoms. The fraction of sp³-hybridized carbons (Fsp3) is 0.710. The zero-order chi connectivity index (χ0) is 29.3. The van der Waals surface area contributed by atoms with Crippen molar-refractivity contribution in [3.05, 3.63) is 29.1 Å². The average Bonchev–Trinajstić information content (AvgIpc) is 2.85. The molecule has 2 aromatic rings. The molecular weight excluding hydrogens is 533 g/mol. The van der Waals surface area contributed by atoms with Gasteiger partial charge in [-0.05, 0) is 76.5 Å².